The van der Waals surface area contributed by atoms with Crippen LogP contribution in [0.2, 0.25) is 0 Å². The predicted octanol–water partition coefficient (Wildman–Crippen LogP) is 4.23. The minimum absolute atomic E-state index is 0.766. The maximum Gasteiger partial charge on any atom is 0.00947 e. The van der Waals surface area contributed by atoms with E-state index in [1.54, 1.807) is 0 Å². The van der Waals surface area contributed by atoms with Crippen LogP contribution in [-0.2, 0) is 0 Å². The lowest BCUT2D eigenvalue weighted by atomic mass is 9.75. The van der Waals surface area contributed by atoms with E-state index in [2.05, 4.69) is 33.1 Å². The van der Waals surface area contributed by atoms with Crippen molar-refractivity contribution in [3.8, 4) is 0 Å². The molecule has 0 aromatic carbocycles. The molecule has 0 spiro atoms. The van der Waals surface area contributed by atoms with Crippen molar-refractivity contribution >= 4 is 0 Å². The molecule has 1 saturated carbocycles. The zero-order valence-corrected chi connectivity index (χ0v) is 11.8. The fraction of sp³-hybridized carbons (Fsp3) is 1.00. The summed E-state index contributed by atoms with van der Waals surface area (Å²) in [4.78, 5) is 0. The molecule has 0 bridgehead atoms. The minimum Gasteiger partial charge on any atom is -0.317 e. The average Bonchev–Trinajstić information content (AvgIpc) is 2.27. The molecule has 1 unspecified atom stereocenters. The molecule has 1 rings (SSSR count). The monoisotopic (exact) mass is 225 g/mol. The molecule has 0 saturated heterocycles. The van der Waals surface area contributed by atoms with Gasteiger partial charge in [0.25, 0.3) is 0 Å². The first kappa shape index (κ1) is 14.0. The lowest BCUT2D eigenvalue weighted by molar-refractivity contribution is 0.203. The molecule has 0 amide bonds. The van der Waals surface area contributed by atoms with E-state index in [4.69, 9.17) is 0 Å². The molecule has 0 aliphatic heterocycles. The first-order valence-electron chi connectivity index (χ1n) is 7.34. The van der Waals surface area contributed by atoms with Gasteiger partial charge in [0.2, 0.25) is 0 Å². The molecule has 1 aliphatic carbocycles. The van der Waals surface area contributed by atoms with E-state index in [0.29, 0.717) is 0 Å². The summed E-state index contributed by atoms with van der Waals surface area (Å²) < 4.78 is 0. The Morgan fingerprint density at radius 1 is 1.12 bits per heavy atom. The first-order valence-corrected chi connectivity index (χ1v) is 7.34. The topological polar surface area (TPSA) is 12.0 Å². The SMILES string of the molecule is CCCC1CCC(C(CC(C)C)NC)CC1. The van der Waals surface area contributed by atoms with E-state index in [0.717, 1.165) is 23.8 Å². The second-order valence-corrected chi connectivity index (χ2v) is 6.09. The molecule has 0 aromatic heterocycles. The molecule has 16 heavy (non-hydrogen) atoms. The molecule has 1 atom stereocenters. The fourth-order valence-corrected chi connectivity index (χ4v) is 3.34. The van der Waals surface area contributed by atoms with Crippen LogP contribution < -0.4 is 5.32 Å². The maximum atomic E-state index is 3.55. The second-order valence-electron chi connectivity index (χ2n) is 6.09. The van der Waals surface area contributed by atoms with Crippen LogP contribution in [0.25, 0.3) is 0 Å². The normalized spacial score (nSPS) is 28.3. The van der Waals surface area contributed by atoms with Crippen LogP contribution in [0.4, 0.5) is 0 Å². The highest BCUT2D eigenvalue weighted by atomic mass is 14.9. The largest absolute Gasteiger partial charge is 0.317 e. The fourth-order valence-electron chi connectivity index (χ4n) is 3.34. The summed E-state index contributed by atoms with van der Waals surface area (Å²) in [7, 11) is 2.14. The number of nitrogens with one attached hydrogen (secondary N) is 1. The second kappa shape index (κ2) is 7.32. The Morgan fingerprint density at radius 2 is 1.75 bits per heavy atom. The maximum absolute atomic E-state index is 3.55. The summed E-state index contributed by atoms with van der Waals surface area (Å²) in [6, 6.07) is 0.766. The van der Waals surface area contributed by atoms with Crippen molar-refractivity contribution in [2.45, 2.75) is 71.8 Å². The molecule has 0 aromatic rings. The average molecular weight is 225 g/mol. The molecular formula is C15H31N. The lowest BCUT2D eigenvalue weighted by Crippen LogP contribution is -2.37. The van der Waals surface area contributed by atoms with Crippen LogP contribution >= 0.6 is 0 Å². The number of hydrogen-bond acceptors (Lipinski definition) is 1. The van der Waals surface area contributed by atoms with Crippen LogP contribution in [0.1, 0.15) is 65.7 Å². The summed E-state index contributed by atoms with van der Waals surface area (Å²) in [5, 5.41) is 3.55. The van der Waals surface area contributed by atoms with Gasteiger partial charge < -0.3 is 5.32 Å². The summed E-state index contributed by atoms with van der Waals surface area (Å²) >= 11 is 0. The van der Waals surface area contributed by atoms with Crippen LogP contribution in [0.3, 0.4) is 0 Å². The Hall–Kier alpha value is -0.0400. The van der Waals surface area contributed by atoms with Gasteiger partial charge in [0.15, 0.2) is 0 Å². The van der Waals surface area contributed by atoms with Crippen LogP contribution in [0.15, 0.2) is 0 Å². The van der Waals surface area contributed by atoms with Crippen molar-refractivity contribution in [3.05, 3.63) is 0 Å². The lowest BCUT2D eigenvalue weighted by Gasteiger charge is -2.34. The zero-order chi connectivity index (χ0) is 12.0. The van der Waals surface area contributed by atoms with Crippen molar-refractivity contribution in [2.75, 3.05) is 7.05 Å². The van der Waals surface area contributed by atoms with E-state index in [1.807, 2.05) is 0 Å². The van der Waals surface area contributed by atoms with E-state index in [1.165, 1.54) is 44.9 Å². The summed E-state index contributed by atoms with van der Waals surface area (Å²) in [5.41, 5.74) is 0. The molecule has 1 aliphatic rings. The highest BCUT2D eigenvalue weighted by molar-refractivity contribution is 4.81. The van der Waals surface area contributed by atoms with E-state index >= 15 is 0 Å². The smallest absolute Gasteiger partial charge is 0.00947 e. The van der Waals surface area contributed by atoms with Gasteiger partial charge >= 0.3 is 0 Å². The third kappa shape index (κ3) is 4.45. The molecule has 1 N–H and O–H groups in total. The van der Waals surface area contributed by atoms with E-state index in [-0.39, 0.29) is 0 Å². The summed E-state index contributed by atoms with van der Waals surface area (Å²) in [6.45, 7) is 7.00. The highest BCUT2D eigenvalue weighted by Crippen LogP contribution is 2.34. The summed E-state index contributed by atoms with van der Waals surface area (Å²) in [6.07, 6.45) is 10.1. The highest BCUT2D eigenvalue weighted by Gasteiger charge is 2.26. The molecule has 1 heteroatoms. The Labute approximate surface area is 102 Å². The quantitative estimate of drug-likeness (QED) is 0.713. The van der Waals surface area contributed by atoms with Gasteiger partial charge in [-0.25, -0.2) is 0 Å². The Morgan fingerprint density at radius 3 is 2.19 bits per heavy atom. The van der Waals surface area contributed by atoms with E-state index < -0.39 is 0 Å². The van der Waals surface area contributed by atoms with Gasteiger partial charge in [0.05, 0.1) is 0 Å². The third-order valence-electron chi connectivity index (χ3n) is 4.25. The van der Waals surface area contributed by atoms with Crippen LogP contribution in [-0.4, -0.2) is 13.1 Å². The van der Waals surface area contributed by atoms with Crippen molar-refractivity contribution in [3.63, 3.8) is 0 Å². The van der Waals surface area contributed by atoms with Crippen molar-refractivity contribution in [1.29, 1.82) is 0 Å². The van der Waals surface area contributed by atoms with Gasteiger partial charge in [-0.15, -0.1) is 0 Å². The Balaban J connectivity index is 2.32. The van der Waals surface area contributed by atoms with E-state index in [9.17, 15) is 0 Å². The van der Waals surface area contributed by atoms with Gasteiger partial charge in [-0.3, -0.25) is 0 Å². The van der Waals surface area contributed by atoms with Gasteiger partial charge in [0, 0.05) is 6.04 Å². The summed E-state index contributed by atoms with van der Waals surface area (Å²) in [5.74, 6) is 2.81. The first-order chi connectivity index (χ1) is 7.67. The van der Waals surface area contributed by atoms with Gasteiger partial charge in [-0.2, -0.15) is 0 Å². The molecule has 0 radical (unpaired) electrons. The Bertz CT molecular complexity index is 168. The van der Waals surface area contributed by atoms with Gasteiger partial charge in [0.1, 0.15) is 0 Å². The number of rotatable bonds is 6. The Kier molecular flexibility index (Phi) is 6.41. The molecule has 1 fully saturated rings. The molecule has 96 valence electrons. The third-order valence-corrected chi connectivity index (χ3v) is 4.25. The van der Waals surface area contributed by atoms with Crippen molar-refractivity contribution in [1.82, 2.24) is 5.32 Å². The van der Waals surface area contributed by atoms with Gasteiger partial charge in [-0.05, 0) is 44.1 Å². The van der Waals surface area contributed by atoms with Crippen LogP contribution in [0, 0.1) is 17.8 Å². The van der Waals surface area contributed by atoms with Crippen LogP contribution in [0.5, 0.6) is 0 Å². The van der Waals surface area contributed by atoms with Crippen molar-refractivity contribution in [2.24, 2.45) is 17.8 Å². The molecule has 0 heterocycles. The number of hydrogen-bond donors (Lipinski definition) is 1. The van der Waals surface area contributed by atoms with Crippen molar-refractivity contribution < 1.29 is 0 Å². The molecular weight excluding hydrogens is 194 g/mol. The standard InChI is InChI=1S/C15H31N/c1-5-6-13-7-9-14(10-8-13)15(16-4)11-12(2)3/h12-16H,5-11H2,1-4H3. The van der Waals surface area contributed by atoms with Gasteiger partial charge in [-0.1, -0.05) is 46.5 Å². The predicted molar refractivity (Wildman–Crippen MR) is 72.7 cm³/mol. The zero-order valence-electron chi connectivity index (χ0n) is 11.8. The molecule has 1 nitrogen and oxygen atoms in total. The minimum atomic E-state index is 0.766.